The van der Waals surface area contributed by atoms with E-state index in [1.54, 1.807) is 0 Å². The van der Waals surface area contributed by atoms with E-state index in [1.165, 1.54) is 12.1 Å². The molecule has 6 aromatic rings. The molecule has 1 aromatic heterocycles. The second-order valence-electron chi connectivity index (χ2n) is 13.4. The minimum atomic E-state index is -5.56. The number of aromatic amines is 1. The highest BCUT2D eigenvalue weighted by molar-refractivity contribution is 7.86. The van der Waals surface area contributed by atoms with Crippen molar-refractivity contribution in [3.63, 3.8) is 0 Å². The number of azo groups is 3. The highest BCUT2D eigenvalue weighted by Crippen LogP contribution is 2.47. The number of hydrogen-bond donors (Lipinski definition) is 10. The second-order valence-corrected chi connectivity index (χ2v) is 17.6. The topological polar surface area (TPSA) is 455 Å². The van der Waals surface area contributed by atoms with Crippen LogP contribution in [-0.4, -0.2) is 113 Å². The minimum Gasteiger partial charge on any atom is -0.505 e. The van der Waals surface area contributed by atoms with E-state index in [9.17, 15) is 78.8 Å². The number of benzene rings is 5. The number of aliphatic hydroxyl groups is 2. The number of aromatic carboxylic acids is 2. The molecule has 31 heteroatoms. The van der Waals surface area contributed by atoms with E-state index in [1.807, 2.05) is 0 Å². The Kier molecular flexibility index (Phi) is 14.1. The summed E-state index contributed by atoms with van der Waals surface area (Å²) in [5, 5.41) is 73.4. The van der Waals surface area contributed by atoms with Crippen molar-refractivity contribution in [1.82, 2.24) is 9.78 Å². The van der Waals surface area contributed by atoms with Gasteiger partial charge in [0.05, 0.1) is 29.4 Å². The monoisotopic (exact) mass is 1000 g/mol. The van der Waals surface area contributed by atoms with Crippen LogP contribution >= 0.6 is 0 Å². The summed E-state index contributed by atoms with van der Waals surface area (Å²) in [5.41, 5.74) is -0.469. The third-order valence-electron chi connectivity index (χ3n) is 8.94. The molecule has 6 rings (SSSR count). The Hall–Kier alpha value is -8.04. The van der Waals surface area contributed by atoms with Gasteiger partial charge in [-0.05, 0) is 60.7 Å². The SMILES string of the molecule is Nc1ccc(N=Nc2cc(OCCO)c(N=Nc3c(S(=O)(=O)O)cc4c(S(=O)(=O)O)c(N=Nc5c(C(=O)O)[nH]n(-c6ccc(S(=O)(=O)O)cc6)c5=O)ccc4c3O)cc2OCCO)c(C(=O)O)c1. The number of hydrogen-bond acceptors (Lipinski definition) is 21. The van der Waals surface area contributed by atoms with Crippen molar-refractivity contribution in [2.45, 2.75) is 14.7 Å². The molecule has 28 nitrogen and oxygen atoms in total. The van der Waals surface area contributed by atoms with E-state index >= 15 is 0 Å². The Morgan fingerprint density at radius 1 is 0.632 bits per heavy atom. The molecule has 68 heavy (non-hydrogen) atoms. The first kappa shape index (κ1) is 49.4. The number of carboxylic acid groups (broad SMARTS) is 2. The van der Waals surface area contributed by atoms with Crippen LogP contribution in [0, 0.1) is 0 Å². The molecular weight excluding hydrogens is 971 g/mol. The number of aromatic nitrogens is 2. The van der Waals surface area contributed by atoms with Gasteiger partial charge < -0.3 is 40.7 Å². The molecule has 11 N–H and O–H groups in total. The maximum Gasteiger partial charge on any atom is 0.356 e. The number of rotatable bonds is 18. The quantitative estimate of drug-likeness (QED) is 0.0316. The van der Waals surface area contributed by atoms with Crippen molar-refractivity contribution in [3.05, 3.63) is 94.4 Å². The van der Waals surface area contributed by atoms with Crippen LogP contribution in [0.15, 0.2) is 123 Å². The summed E-state index contributed by atoms with van der Waals surface area (Å²) in [6, 6.07) is 11.8. The van der Waals surface area contributed by atoms with Crippen molar-refractivity contribution >= 4 is 92.9 Å². The van der Waals surface area contributed by atoms with Gasteiger partial charge in [-0.3, -0.25) is 23.6 Å². The van der Waals surface area contributed by atoms with Crippen LogP contribution in [0.3, 0.4) is 0 Å². The first-order valence-electron chi connectivity index (χ1n) is 18.4. The van der Waals surface area contributed by atoms with Crippen molar-refractivity contribution in [2.24, 2.45) is 30.7 Å². The van der Waals surface area contributed by atoms with Gasteiger partial charge in [0.2, 0.25) is 0 Å². The third-order valence-corrected chi connectivity index (χ3v) is 11.6. The number of anilines is 1. The lowest BCUT2D eigenvalue weighted by atomic mass is 10.1. The average molecular weight is 1000 g/mol. The number of ether oxygens (including phenoxy) is 2. The molecule has 0 aliphatic rings. The third kappa shape index (κ3) is 10.6. The molecule has 0 amide bonds. The molecule has 5 aromatic carbocycles. The van der Waals surface area contributed by atoms with E-state index in [-0.39, 0.29) is 52.1 Å². The largest absolute Gasteiger partial charge is 0.505 e. The van der Waals surface area contributed by atoms with Gasteiger partial charge >= 0.3 is 11.9 Å². The summed E-state index contributed by atoms with van der Waals surface area (Å²) < 4.78 is 116. The predicted molar refractivity (Wildman–Crippen MR) is 230 cm³/mol. The maximum absolute atomic E-state index is 13.3. The Morgan fingerprint density at radius 2 is 1.18 bits per heavy atom. The summed E-state index contributed by atoms with van der Waals surface area (Å²) in [6.45, 7) is -1.88. The number of fused-ring (bicyclic) bond motifs is 1. The molecule has 1 heterocycles. The molecule has 0 atom stereocenters. The fourth-order valence-electron chi connectivity index (χ4n) is 6.01. The van der Waals surface area contributed by atoms with E-state index in [0.29, 0.717) is 10.7 Å². The molecule has 0 aliphatic heterocycles. The Bertz CT molecular complexity index is 3520. The highest BCUT2D eigenvalue weighted by Gasteiger charge is 2.29. The van der Waals surface area contributed by atoms with Crippen LogP contribution < -0.4 is 20.8 Å². The minimum absolute atomic E-state index is 0.109. The molecule has 0 saturated carbocycles. The van der Waals surface area contributed by atoms with Gasteiger partial charge in [-0.15, -0.1) is 30.7 Å². The van der Waals surface area contributed by atoms with E-state index < -0.39 is 122 Å². The summed E-state index contributed by atoms with van der Waals surface area (Å²) in [5.74, 6) is -4.88. The van der Waals surface area contributed by atoms with Crippen molar-refractivity contribution < 1.29 is 83.5 Å². The Balaban J connectivity index is 1.49. The van der Waals surface area contributed by atoms with Crippen molar-refractivity contribution in [2.75, 3.05) is 32.2 Å². The Labute approximate surface area is 379 Å². The van der Waals surface area contributed by atoms with E-state index in [4.69, 9.17) is 15.2 Å². The molecular formula is C37H31N9O19S3. The van der Waals surface area contributed by atoms with Gasteiger partial charge in [0.15, 0.2) is 17.1 Å². The summed E-state index contributed by atoms with van der Waals surface area (Å²) in [4.78, 5) is 34.0. The van der Waals surface area contributed by atoms with Crippen LogP contribution in [0.4, 0.5) is 39.8 Å². The maximum atomic E-state index is 13.3. The number of phenols is 1. The second kappa shape index (κ2) is 19.4. The van der Waals surface area contributed by atoms with Crippen LogP contribution in [0.5, 0.6) is 17.2 Å². The van der Waals surface area contributed by atoms with Gasteiger partial charge in [-0.2, -0.15) is 25.3 Å². The number of carboxylic acids is 2. The highest BCUT2D eigenvalue weighted by atomic mass is 32.2. The van der Waals surface area contributed by atoms with Crippen LogP contribution in [0.25, 0.3) is 16.5 Å². The first-order chi connectivity index (χ1) is 31.9. The summed E-state index contributed by atoms with van der Waals surface area (Å²) in [6.07, 6.45) is 0. The number of phenolic OH excluding ortho intramolecular Hbond substituents is 1. The molecule has 0 bridgehead atoms. The molecule has 0 radical (unpaired) electrons. The summed E-state index contributed by atoms with van der Waals surface area (Å²) >= 11 is 0. The number of carbonyl (C=O) groups is 2. The lowest BCUT2D eigenvalue weighted by Gasteiger charge is -2.14. The fourth-order valence-corrected chi connectivity index (χ4v) is 7.96. The molecule has 0 fully saturated rings. The number of H-pyrrole nitrogens is 1. The number of nitrogens with one attached hydrogen (secondary N) is 1. The van der Waals surface area contributed by atoms with Crippen LogP contribution in [0.1, 0.15) is 20.8 Å². The number of nitrogens with zero attached hydrogens (tertiary/aromatic N) is 7. The van der Waals surface area contributed by atoms with Gasteiger partial charge in [0, 0.05) is 28.6 Å². The zero-order valence-electron chi connectivity index (χ0n) is 33.8. The lowest BCUT2D eigenvalue weighted by Crippen LogP contribution is -2.14. The van der Waals surface area contributed by atoms with Gasteiger partial charge in [-0.25, -0.2) is 14.3 Å². The van der Waals surface area contributed by atoms with Crippen molar-refractivity contribution in [1.29, 1.82) is 0 Å². The summed E-state index contributed by atoms with van der Waals surface area (Å²) in [7, 11) is -15.8. The van der Waals surface area contributed by atoms with Gasteiger partial charge in [0.25, 0.3) is 35.9 Å². The fraction of sp³-hybridized carbons (Fsp3) is 0.108. The Morgan fingerprint density at radius 3 is 1.71 bits per heavy atom. The smallest absolute Gasteiger partial charge is 0.356 e. The molecule has 0 spiro atoms. The van der Waals surface area contributed by atoms with E-state index in [2.05, 4.69) is 35.8 Å². The van der Waals surface area contributed by atoms with Crippen molar-refractivity contribution in [3.8, 4) is 22.9 Å². The zero-order chi connectivity index (χ0) is 49.9. The number of nitrogens with two attached hydrogens (primary N) is 1. The number of nitrogen functional groups attached to an aromatic ring is 1. The molecule has 0 saturated heterocycles. The van der Waals surface area contributed by atoms with Gasteiger partial charge in [-0.1, -0.05) is 0 Å². The molecule has 0 unspecified atom stereocenters. The van der Waals surface area contributed by atoms with Gasteiger partial charge in [0.1, 0.15) is 62.9 Å². The van der Waals surface area contributed by atoms with Crippen LogP contribution in [0.2, 0.25) is 0 Å². The van der Waals surface area contributed by atoms with Crippen LogP contribution in [-0.2, 0) is 30.4 Å². The number of aliphatic hydroxyl groups excluding tert-OH is 2. The predicted octanol–water partition coefficient (Wildman–Crippen LogP) is 4.73. The molecule has 356 valence electrons. The normalized spacial score (nSPS) is 12.4. The molecule has 0 aliphatic carbocycles. The number of aromatic hydroxyl groups is 1. The van der Waals surface area contributed by atoms with E-state index in [0.717, 1.165) is 54.6 Å². The zero-order valence-corrected chi connectivity index (χ0v) is 36.2. The average Bonchev–Trinajstić information content (AvgIpc) is 3.60. The first-order valence-corrected chi connectivity index (χ1v) is 22.7. The standard InChI is InChI=1S/C37H31N9O19S3/c38-17-1-7-23(22(13-17)36(51)52)39-41-25-15-28(65-12-10-48)26(16-27(25)64-11-9-47)42-43-30-29(67(58,59)60)14-21-20(33(30)49)6-8-24(34(21)68(61,62)63)40-44-31-32(37(53)54)45-46(35(31)50)18-2-4-19(5-3-18)66(55,56)57/h1-8,13-16,45,47-49H,9-12,38H2,(H,51,52)(H,53,54)(H,55,56,57)(H,58,59,60)(H,61,62,63). The lowest BCUT2D eigenvalue weighted by molar-refractivity contribution is 0.0683.